The van der Waals surface area contributed by atoms with Gasteiger partial charge in [-0.15, -0.1) is 0 Å². The second-order valence-electron chi connectivity index (χ2n) is 6.63. The molecule has 0 spiro atoms. The summed E-state index contributed by atoms with van der Waals surface area (Å²) in [6.45, 7) is 0. The molecule has 0 heterocycles. The molecule has 3 rings (SSSR count). The standard InChI is InChI=1S/C22H19FN2O5S/c1-30-20-12-11-16(13-19(20)25-31(2,28)29)24-22(27)18-6-4-3-5-17(18)21(26)14-7-9-15(23)10-8-14/h3-13,25H,1-2H3,(H,24,27). The molecule has 0 bridgehead atoms. The summed E-state index contributed by atoms with van der Waals surface area (Å²) in [7, 11) is -2.19. The summed E-state index contributed by atoms with van der Waals surface area (Å²) in [4.78, 5) is 25.7. The summed E-state index contributed by atoms with van der Waals surface area (Å²) >= 11 is 0. The van der Waals surface area contributed by atoms with Gasteiger partial charge in [0.1, 0.15) is 11.6 Å². The van der Waals surface area contributed by atoms with Gasteiger partial charge in [-0.2, -0.15) is 0 Å². The van der Waals surface area contributed by atoms with E-state index in [1.165, 1.54) is 61.7 Å². The minimum Gasteiger partial charge on any atom is -0.495 e. The van der Waals surface area contributed by atoms with Gasteiger partial charge in [0.25, 0.3) is 5.91 Å². The van der Waals surface area contributed by atoms with Crippen molar-refractivity contribution in [3.63, 3.8) is 0 Å². The lowest BCUT2D eigenvalue weighted by Crippen LogP contribution is -2.17. The number of benzene rings is 3. The third-order valence-corrected chi connectivity index (χ3v) is 4.87. The van der Waals surface area contributed by atoms with Crippen molar-refractivity contribution in [1.29, 1.82) is 0 Å². The Morgan fingerprint density at radius 3 is 2.19 bits per heavy atom. The Bertz CT molecular complexity index is 1240. The zero-order valence-electron chi connectivity index (χ0n) is 16.7. The molecule has 1 amide bonds. The highest BCUT2D eigenvalue weighted by Crippen LogP contribution is 2.29. The molecule has 160 valence electrons. The summed E-state index contributed by atoms with van der Waals surface area (Å²) in [5, 5.41) is 2.65. The molecule has 0 aromatic heterocycles. The molecule has 3 aromatic rings. The van der Waals surface area contributed by atoms with Crippen molar-refractivity contribution in [1.82, 2.24) is 0 Å². The van der Waals surface area contributed by atoms with Crippen molar-refractivity contribution < 1.29 is 27.1 Å². The van der Waals surface area contributed by atoms with E-state index in [4.69, 9.17) is 4.74 Å². The van der Waals surface area contributed by atoms with Crippen LogP contribution in [-0.4, -0.2) is 33.5 Å². The summed E-state index contributed by atoms with van der Waals surface area (Å²) in [6.07, 6.45) is 0.995. The van der Waals surface area contributed by atoms with Crippen LogP contribution < -0.4 is 14.8 Å². The highest BCUT2D eigenvalue weighted by Gasteiger charge is 2.19. The molecule has 0 unspecified atom stereocenters. The van der Waals surface area contributed by atoms with Crippen LogP contribution in [0.25, 0.3) is 0 Å². The first-order chi connectivity index (χ1) is 14.7. The maximum Gasteiger partial charge on any atom is 0.256 e. The number of nitrogens with one attached hydrogen (secondary N) is 2. The number of anilines is 2. The Kier molecular flexibility index (Phi) is 6.36. The van der Waals surface area contributed by atoms with E-state index < -0.39 is 27.5 Å². The summed E-state index contributed by atoms with van der Waals surface area (Å²) in [5.41, 5.74) is 0.949. The van der Waals surface area contributed by atoms with Crippen LogP contribution in [0.3, 0.4) is 0 Å². The number of halogens is 1. The zero-order chi connectivity index (χ0) is 22.6. The Hall–Kier alpha value is -3.72. The van der Waals surface area contributed by atoms with Crippen LogP contribution in [0.15, 0.2) is 66.7 Å². The predicted octanol–water partition coefficient (Wildman–Crippen LogP) is 3.69. The number of amides is 1. The van der Waals surface area contributed by atoms with Crippen LogP contribution in [0.4, 0.5) is 15.8 Å². The molecule has 0 radical (unpaired) electrons. The molecular weight excluding hydrogens is 423 g/mol. The lowest BCUT2D eigenvalue weighted by Gasteiger charge is -2.13. The first-order valence-corrected chi connectivity index (χ1v) is 10.9. The Morgan fingerprint density at radius 1 is 0.935 bits per heavy atom. The number of rotatable bonds is 7. The number of carbonyl (C=O) groups is 2. The molecule has 0 fully saturated rings. The first-order valence-electron chi connectivity index (χ1n) is 9.04. The number of hydrogen-bond donors (Lipinski definition) is 2. The van der Waals surface area contributed by atoms with Gasteiger partial charge in [-0.05, 0) is 48.5 Å². The quantitative estimate of drug-likeness (QED) is 0.544. The maximum absolute atomic E-state index is 13.2. The predicted molar refractivity (Wildman–Crippen MR) is 116 cm³/mol. The molecule has 0 atom stereocenters. The normalized spacial score (nSPS) is 10.9. The third-order valence-electron chi connectivity index (χ3n) is 4.28. The van der Waals surface area contributed by atoms with Crippen LogP contribution in [-0.2, 0) is 10.0 Å². The monoisotopic (exact) mass is 442 g/mol. The van der Waals surface area contributed by atoms with E-state index in [1.54, 1.807) is 12.1 Å². The third kappa shape index (κ3) is 5.46. The van der Waals surface area contributed by atoms with E-state index in [9.17, 15) is 22.4 Å². The van der Waals surface area contributed by atoms with Crippen molar-refractivity contribution in [2.24, 2.45) is 0 Å². The van der Waals surface area contributed by atoms with Crippen LogP contribution in [0.5, 0.6) is 5.75 Å². The number of ether oxygens (including phenoxy) is 1. The van der Waals surface area contributed by atoms with Gasteiger partial charge in [0, 0.05) is 16.8 Å². The SMILES string of the molecule is COc1ccc(NC(=O)c2ccccc2C(=O)c2ccc(F)cc2)cc1NS(C)(=O)=O. The first kappa shape index (κ1) is 22.0. The van der Waals surface area contributed by atoms with E-state index >= 15 is 0 Å². The second kappa shape index (κ2) is 8.97. The van der Waals surface area contributed by atoms with Gasteiger partial charge in [-0.3, -0.25) is 14.3 Å². The molecule has 0 aliphatic carbocycles. The minimum absolute atomic E-state index is 0.116. The van der Waals surface area contributed by atoms with E-state index in [0.717, 1.165) is 6.26 Å². The fraction of sp³-hybridized carbons (Fsp3) is 0.0909. The Morgan fingerprint density at radius 2 is 1.58 bits per heavy atom. The molecule has 0 saturated heterocycles. The molecule has 3 aromatic carbocycles. The minimum atomic E-state index is -3.57. The molecule has 0 saturated carbocycles. The van der Waals surface area contributed by atoms with Gasteiger partial charge in [0.2, 0.25) is 10.0 Å². The second-order valence-corrected chi connectivity index (χ2v) is 8.37. The molecule has 0 aliphatic heterocycles. The summed E-state index contributed by atoms with van der Waals surface area (Å²) in [6, 6.07) is 15.7. The number of sulfonamides is 1. The highest BCUT2D eigenvalue weighted by atomic mass is 32.2. The van der Waals surface area contributed by atoms with E-state index in [1.807, 2.05) is 0 Å². The molecule has 31 heavy (non-hydrogen) atoms. The van der Waals surface area contributed by atoms with Crippen molar-refractivity contribution in [2.45, 2.75) is 0 Å². The summed E-state index contributed by atoms with van der Waals surface area (Å²) < 4.78 is 43.8. The fourth-order valence-corrected chi connectivity index (χ4v) is 3.46. The number of carbonyl (C=O) groups excluding carboxylic acids is 2. The van der Waals surface area contributed by atoms with Gasteiger partial charge in [-0.25, -0.2) is 12.8 Å². The number of methoxy groups -OCH3 is 1. The van der Waals surface area contributed by atoms with Crippen molar-refractivity contribution >= 4 is 33.1 Å². The highest BCUT2D eigenvalue weighted by molar-refractivity contribution is 7.92. The Balaban J connectivity index is 1.90. The van der Waals surface area contributed by atoms with Crippen molar-refractivity contribution in [3.05, 3.63) is 89.2 Å². The fourth-order valence-electron chi connectivity index (χ4n) is 2.90. The van der Waals surface area contributed by atoms with Crippen LogP contribution >= 0.6 is 0 Å². The zero-order valence-corrected chi connectivity index (χ0v) is 17.5. The van der Waals surface area contributed by atoms with Crippen LogP contribution in [0.2, 0.25) is 0 Å². The van der Waals surface area contributed by atoms with Crippen molar-refractivity contribution in [3.8, 4) is 5.75 Å². The number of hydrogen-bond acceptors (Lipinski definition) is 5. The van der Waals surface area contributed by atoms with E-state index in [0.29, 0.717) is 5.69 Å². The van der Waals surface area contributed by atoms with E-state index in [2.05, 4.69) is 10.0 Å². The molecule has 7 nitrogen and oxygen atoms in total. The maximum atomic E-state index is 13.2. The Labute approximate surface area is 178 Å². The smallest absolute Gasteiger partial charge is 0.256 e. The average molecular weight is 442 g/mol. The molecule has 0 aliphatic rings. The van der Waals surface area contributed by atoms with E-state index in [-0.39, 0.29) is 28.1 Å². The van der Waals surface area contributed by atoms with Gasteiger partial charge < -0.3 is 10.1 Å². The van der Waals surface area contributed by atoms with Gasteiger partial charge in [0.05, 0.1) is 24.6 Å². The molecular formula is C22H19FN2O5S. The molecule has 2 N–H and O–H groups in total. The summed E-state index contributed by atoms with van der Waals surface area (Å²) in [5.74, 6) is -1.20. The van der Waals surface area contributed by atoms with Crippen LogP contribution in [0.1, 0.15) is 26.3 Å². The lowest BCUT2D eigenvalue weighted by molar-refractivity contribution is 0.0996. The largest absolute Gasteiger partial charge is 0.495 e. The van der Waals surface area contributed by atoms with Crippen molar-refractivity contribution in [2.75, 3.05) is 23.4 Å². The van der Waals surface area contributed by atoms with Gasteiger partial charge in [0.15, 0.2) is 5.78 Å². The average Bonchev–Trinajstić information content (AvgIpc) is 2.73. The van der Waals surface area contributed by atoms with Gasteiger partial charge in [-0.1, -0.05) is 18.2 Å². The molecule has 9 heteroatoms. The number of ketones is 1. The lowest BCUT2D eigenvalue weighted by atomic mass is 9.98. The van der Waals surface area contributed by atoms with Crippen LogP contribution in [0, 0.1) is 5.82 Å². The van der Waals surface area contributed by atoms with Gasteiger partial charge >= 0.3 is 0 Å². The topological polar surface area (TPSA) is 102 Å².